The molecule has 59 heavy (non-hydrogen) atoms. The molecule has 11 aromatic carbocycles. The van der Waals surface area contributed by atoms with E-state index in [-0.39, 0.29) is 6.71 Å². The van der Waals surface area contributed by atoms with Gasteiger partial charge in [-0.3, -0.25) is 0 Å². The van der Waals surface area contributed by atoms with Gasteiger partial charge in [-0.05, 0) is 113 Å². The molecule has 0 radical (unpaired) electrons. The van der Waals surface area contributed by atoms with Crippen molar-refractivity contribution in [3.05, 3.63) is 212 Å². The van der Waals surface area contributed by atoms with Crippen LogP contribution in [0.2, 0.25) is 0 Å². The first kappa shape index (κ1) is 32.5. The van der Waals surface area contributed by atoms with Crippen LogP contribution in [0.15, 0.2) is 212 Å². The quantitative estimate of drug-likeness (QED) is 0.131. The molecular formula is C56H35BN2. The minimum absolute atomic E-state index is 0.0117. The normalized spacial score (nSPS) is 13.0. The highest BCUT2D eigenvalue weighted by atomic mass is 15.2. The molecule has 0 spiro atoms. The summed E-state index contributed by atoms with van der Waals surface area (Å²) in [4.78, 5) is 5.13. The van der Waals surface area contributed by atoms with Gasteiger partial charge in [-0.15, -0.1) is 0 Å². The van der Waals surface area contributed by atoms with Crippen LogP contribution in [0.3, 0.4) is 0 Å². The summed E-state index contributed by atoms with van der Waals surface area (Å²) in [6.45, 7) is -0.0117. The van der Waals surface area contributed by atoms with E-state index in [1.54, 1.807) is 0 Å². The maximum Gasteiger partial charge on any atom is 0.252 e. The van der Waals surface area contributed by atoms with Crippen LogP contribution in [0.1, 0.15) is 0 Å². The molecule has 2 aliphatic heterocycles. The summed E-state index contributed by atoms with van der Waals surface area (Å²) in [6.07, 6.45) is 0. The van der Waals surface area contributed by atoms with Crippen molar-refractivity contribution >= 4 is 111 Å². The third kappa shape index (κ3) is 4.70. The van der Waals surface area contributed by atoms with Crippen LogP contribution in [-0.4, -0.2) is 6.71 Å². The van der Waals surface area contributed by atoms with Crippen LogP contribution in [0.4, 0.5) is 34.1 Å². The van der Waals surface area contributed by atoms with Gasteiger partial charge in [0, 0.05) is 44.9 Å². The Morgan fingerprint density at radius 1 is 0.288 bits per heavy atom. The standard InChI is InChI=1S/C56H35BN2/c1-3-17-42(18-4-1)58-52-34-41(40-24-23-36-13-7-8-16-39(36)33-40)35-53-54(52)57(50-31-29-46-44-21-11-9-14-37(44)25-27-48(46)55(50)58)51-32-30-47-45-22-12-10-15-38(45)26-28-49(47)56(51)59(53)43-19-5-2-6-20-43/h1-35H. The Hall–Kier alpha value is -7.62. The molecule has 0 aliphatic carbocycles. The molecule has 272 valence electrons. The number of benzene rings is 11. The van der Waals surface area contributed by atoms with Crippen LogP contribution in [0.25, 0.3) is 65.0 Å². The highest BCUT2D eigenvalue weighted by Crippen LogP contribution is 2.49. The van der Waals surface area contributed by atoms with Gasteiger partial charge in [0.25, 0.3) is 6.71 Å². The van der Waals surface area contributed by atoms with Crippen LogP contribution in [-0.2, 0) is 0 Å². The van der Waals surface area contributed by atoms with E-state index >= 15 is 0 Å². The average Bonchev–Trinajstić information content (AvgIpc) is 3.31. The van der Waals surface area contributed by atoms with Crippen molar-refractivity contribution in [2.45, 2.75) is 0 Å². The topological polar surface area (TPSA) is 6.48 Å². The van der Waals surface area contributed by atoms with Crippen LogP contribution < -0.4 is 26.2 Å². The zero-order valence-corrected chi connectivity index (χ0v) is 32.2. The predicted octanol–water partition coefficient (Wildman–Crippen LogP) is 13.2. The first-order chi connectivity index (χ1) is 29.3. The van der Waals surface area contributed by atoms with E-state index in [2.05, 4.69) is 222 Å². The third-order valence-electron chi connectivity index (χ3n) is 12.9. The molecule has 0 unspecified atom stereocenters. The number of nitrogens with zero attached hydrogens (tertiary/aromatic N) is 2. The summed E-state index contributed by atoms with van der Waals surface area (Å²) in [5, 5.41) is 12.6. The molecule has 0 fully saturated rings. The van der Waals surface area contributed by atoms with Crippen molar-refractivity contribution in [3.8, 4) is 11.1 Å². The smallest absolute Gasteiger partial charge is 0.252 e. The molecule has 0 amide bonds. The second-order valence-electron chi connectivity index (χ2n) is 16.0. The summed E-state index contributed by atoms with van der Waals surface area (Å²) in [5.74, 6) is 0. The van der Waals surface area contributed by atoms with Crippen molar-refractivity contribution in [2.24, 2.45) is 0 Å². The Labute approximate surface area is 342 Å². The van der Waals surface area contributed by atoms with Gasteiger partial charge in [0.2, 0.25) is 0 Å². The lowest BCUT2D eigenvalue weighted by Crippen LogP contribution is -2.61. The van der Waals surface area contributed by atoms with E-state index in [4.69, 9.17) is 0 Å². The molecule has 0 saturated carbocycles. The fraction of sp³-hybridized carbons (Fsp3) is 0. The number of anilines is 6. The Balaban J connectivity index is 1.21. The van der Waals surface area contributed by atoms with Gasteiger partial charge in [-0.2, -0.15) is 0 Å². The van der Waals surface area contributed by atoms with Gasteiger partial charge >= 0.3 is 0 Å². The molecule has 2 nitrogen and oxygen atoms in total. The fourth-order valence-electron chi connectivity index (χ4n) is 10.4. The number of rotatable bonds is 3. The van der Waals surface area contributed by atoms with Crippen LogP contribution in [0, 0.1) is 0 Å². The molecule has 2 heterocycles. The second-order valence-corrected chi connectivity index (χ2v) is 16.0. The molecule has 2 aliphatic rings. The van der Waals surface area contributed by atoms with Crippen molar-refractivity contribution in [1.82, 2.24) is 0 Å². The zero-order valence-electron chi connectivity index (χ0n) is 32.2. The summed E-state index contributed by atoms with van der Waals surface area (Å²) < 4.78 is 0. The minimum atomic E-state index is -0.0117. The molecule has 0 aromatic heterocycles. The van der Waals surface area contributed by atoms with Crippen molar-refractivity contribution in [3.63, 3.8) is 0 Å². The Bertz CT molecular complexity index is 3330. The molecule has 3 heteroatoms. The summed E-state index contributed by atoms with van der Waals surface area (Å²) in [7, 11) is 0. The van der Waals surface area contributed by atoms with E-state index in [9.17, 15) is 0 Å². The number of hydrogen-bond acceptors (Lipinski definition) is 2. The summed E-state index contributed by atoms with van der Waals surface area (Å²) in [6, 6.07) is 79.1. The van der Waals surface area contributed by atoms with Gasteiger partial charge in [-0.1, -0.05) is 170 Å². The zero-order chi connectivity index (χ0) is 38.6. The summed E-state index contributed by atoms with van der Waals surface area (Å²) >= 11 is 0. The molecule has 13 rings (SSSR count). The number of hydrogen-bond donors (Lipinski definition) is 0. The maximum absolute atomic E-state index is 2.56. The Morgan fingerprint density at radius 2 is 0.729 bits per heavy atom. The van der Waals surface area contributed by atoms with Crippen molar-refractivity contribution in [1.29, 1.82) is 0 Å². The van der Waals surface area contributed by atoms with Gasteiger partial charge in [0.1, 0.15) is 0 Å². The SMILES string of the molecule is c1ccc(N2c3cc(-c4ccc5ccccc5c4)cc4c3B(c3ccc5c(ccc6ccccc65)c32)c2ccc3c(ccc5ccccc53)c2N4c2ccccc2)cc1. The largest absolute Gasteiger partial charge is 0.311 e. The predicted molar refractivity (Wildman–Crippen MR) is 253 cm³/mol. The highest BCUT2D eigenvalue weighted by molar-refractivity contribution is 7.00. The number of fused-ring (bicyclic) bond motifs is 13. The molecular weight excluding hydrogens is 711 g/mol. The second kappa shape index (κ2) is 12.4. The van der Waals surface area contributed by atoms with Crippen LogP contribution in [0.5, 0.6) is 0 Å². The third-order valence-corrected chi connectivity index (χ3v) is 12.9. The van der Waals surface area contributed by atoms with E-state index in [0.717, 1.165) is 11.4 Å². The summed E-state index contributed by atoms with van der Waals surface area (Å²) in [5.41, 5.74) is 13.5. The molecule has 11 aromatic rings. The first-order valence-corrected chi connectivity index (χ1v) is 20.5. The van der Waals surface area contributed by atoms with Gasteiger partial charge in [0.15, 0.2) is 0 Å². The molecule has 0 saturated heterocycles. The van der Waals surface area contributed by atoms with E-state index in [0.29, 0.717) is 0 Å². The van der Waals surface area contributed by atoms with Gasteiger partial charge < -0.3 is 9.80 Å². The number of para-hydroxylation sites is 2. The lowest BCUT2D eigenvalue weighted by molar-refractivity contribution is 1.27. The van der Waals surface area contributed by atoms with Gasteiger partial charge in [-0.25, -0.2) is 0 Å². The molecule has 0 N–H and O–H groups in total. The Kier molecular flexibility index (Phi) is 6.85. The first-order valence-electron chi connectivity index (χ1n) is 20.5. The molecule has 0 atom stereocenters. The average molecular weight is 747 g/mol. The van der Waals surface area contributed by atoms with E-state index in [1.165, 1.54) is 104 Å². The lowest BCUT2D eigenvalue weighted by atomic mass is 9.33. The van der Waals surface area contributed by atoms with Crippen LogP contribution >= 0.6 is 0 Å². The maximum atomic E-state index is 2.56. The monoisotopic (exact) mass is 746 g/mol. The fourth-order valence-corrected chi connectivity index (χ4v) is 10.4. The lowest BCUT2D eigenvalue weighted by Gasteiger charge is -2.45. The minimum Gasteiger partial charge on any atom is -0.311 e. The molecule has 0 bridgehead atoms. The van der Waals surface area contributed by atoms with Crippen molar-refractivity contribution in [2.75, 3.05) is 9.80 Å². The van der Waals surface area contributed by atoms with E-state index in [1.807, 2.05) is 0 Å². The van der Waals surface area contributed by atoms with Gasteiger partial charge in [0.05, 0.1) is 0 Å². The van der Waals surface area contributed by atoms with Crippen molar-refractivity contribution < 1.29 is 0 Å². The van der Waals surface area contributed by atoms with E-state index < -0.39 is 0 Å². The highest BCUT2D eigenvalue weighted by Gasteiger charge is 2.44. The Morgan fingerprint density at radius 3 is 1.27 bits per heavy atom.